The van der Waals surface area contributed by atoms with Crippen LogP contribution in [0.2, 0.25) is 0 Å². The highest BCUT2D eigenvalue weighted by atomic mass is 16.5. The van der Waals surface area contributed by atoms with Crippen LogP contribution in [0.25, 0.3) is 0 Å². The summed E-state index contributed by atoms with van der Waals surface area (Å²) in [6.07, 6.45) is 1.20. The Bertz CT molecular complexity index is 794. The van der Waals surface area contributed by atoms with Gasteiger partial charge in [-0.2, -0.15) is 0 Å². The van der Waals surface area contributed by atoms with E-state index in [1.165, 1.54) is 12.1 Å². The minimum absolute atomic E-state index is 0.118. The first kappa shape index (κ1) is 17.2. The summed E-state index contributed by atoms with van der Waals surface area (Å²) in [5.74, 6) is -1.14. The number of nitrogens with one attached hydrogen (secondary N) is 1. The molecule has 1 aliphatic rings. The molecule has 2 aromatic rings. The van der Waals surface area contributed by atoms with Crippen molar-refractivity contribution in [2.24, 2.45) is 0 Å². The van der Waals surface area contributed by atoms with Crippen molar-refractivity contribution in [2.75, 3.05) is 18.5 Å². The first-order valence-corrected chi connectivity index (χ1v) is 8.32. The van der Waals surface area contributed by atoms with E-state index in [1.54, 1.807) is 12.1 Å². The first-order valence-electron chi connectivity index (χ1n) is 8.32. The lowest BCUT2D eigenvalue weighted by Crippen LogP contribution is -2.45. The number of carboxylic acid groups (broad SMARTS) is 1. The number of rotatable bonds is 4. The van der Waals surface area contributed by atoms with Crippen molar-refractivity contribution in [2.45, 2.75) is 25.2 Å². The molecular formula is C20H21NO4. The van der Waals surface area contributed by atoms with Crippen LogP contribution in [-0.2, 0) is 14.9 Å². The number of carboxylic acids is 1. The van der Waals surface area contributed by atoms with Gasteiger partial charge >= 0.3 is 5.97 Å². The summed E-state index contributed by atoms with van der Waals surface area (Å²) in [5.41, 5.74) is 2.05. The van der Waals surface area contributed by atoms with Gasteiger partial charge in [-0.3, -0.25) is 4.79 Å². The van der Waals surface area contributed by atoms with Crippen LogP contribution in [0.4, 0.5) is 5.69 Å². The van der Waals surface area contributed by atoms with E-state index in [-0.39, 0.29) is 11.5 Å². The topological polar surface area (TPSA) is 75.6 Å². The highest BCUT2D eigenvalue weighted by Crippen LogP contribution is 2.37. The van der Waals surface area contributed by atoms with E-state index in [2.05, 4.69) is 5.32 Å². The first-order chi connectivity index (χ1) is 12.0. The Morgan fingerprint density at radius 2 is 1.80 bits per heavy atom. The third-order valence-corrected chi connectivity index (χ3v) is 4.81. The number of ether oxygens (including phenoxy) is 1. The molecule has 0 bridgehead atoms. The Kier molecular flexibility index (Phi) is 4.86. The second-order valence-electron chi connectivity index (χ2n) is 6.35. The van der Waals surface area contributed by atoms with Gasteiger partial charge in [0.05, 0.1) is 11.0 Å². The quantitative estimate of drug-likeness (QED) is 0.895. The minimum Gasteiger partial charge on any atom is -0.478 e. The van der Waals surface area contributed by atoms with Crippen molar-refractivity contribution >= 4 is 17.6 Å². The molecule has 0 spiro atoms. The zero-order chi connectivity index (χ0) is 17.9. The van der Waals surface area contributed by atoms with Crippen LogP contribution in [-0.4, -0.2) is 30.2 Å². The van der Waals surface area contributed by atoms with Crippen molar-refractivity contribution < 1.29 is 19.4 Å². The van der Waals surface area contributed by atoms with E-state index >= 15 is 0 Å². The van der Waals surface area contributed by atoms with Crippen molar-refractivity contribution in [1.29, 1.82) is 0 Å². The second-order valence-corrected chi connectivity index (χ2v) is 6.35. The van der Waals surface area contributed by atoms with E-state index < -0.39 is 11.4 Å². The summed E-state index contributed by atoms with van der Waals surface area (Å²) < 4.78 is 5.48. The lowest BCUT2D eigenvalue weighted by atomic mass is 9.71. The van der Waals surface area contributed by atoms with Gasteiger partial charge in [-0.1, -0.05) is 30.3 Å². The summed E-state index contributed by atoms with van der Waals surface area (Å²) in [6, 6.07) is 14.2. The molecule has 0 aromatic heterocycles. The molecule has 1 fully saturated rings. The van der Waals surface area contributed by atoms with E-state index in [0.717, 1.165) is 11.1 Å². The average Bonchev–Trinajstić information content (AvgIpc) is 2.63. The van der Waals surface area contributed by atoms with E-state index in [4.69, 9.17) is 9.84 Å². The van der Waals surface area contributed by atoms with Gasteiger partial charge in [-0.25, -0.2) is 4.79 Å². The van der Waals surface area contributed by atoms with Crippen LogP contribution < -0.4 is 5.32 Å². The number of aromatic carboxylic acids is 1. The van der Waals surface area contributed by atoms with E-state index in [0.29, 0.717) is 31.7 Å². The number of hydrogen-bond donors (Lipinski definition) is 2. The molecule has 5 heteroatoms. The van der Waals surface area contributed by atoms with Gasteiger partial charge in [0.15, 0.2) is 0 Å². The Morgan fingerprint density at radius 1 is 1.08 bits per heavy atom. The van der Waals surface area contributed by atoms with Crippen molar-refractivity contribution in [1.82, 2.24) is 0 Å². The fourth-order valence-electron chi connectivity index (χ4n) is 3.43. The van der Waals surface area contributed by atoms with E-state index in [1.807, 2.05) is 31.2 Å². The van der Waals surface area contributed by atoms with Gasteiger partial charge in [-0.15, -0.1) is 0 Å². The van der Waals surface area contributed by atoms with Gasteiger partial charge < -0.3 is 15.2 Å². The van der Waals surface area contributed by atoms with Crippen molar-refractivity contribution in [3.63, 3.8) is 0 Å². The number of amides is 1. The van der Waals surface area contributed by atoms with Gasteiger partial charge in [0.1, 0.15) is 0 Å². The molecular weight excluding hydrogens is 318 g/mol. The highest BCUT2D eigenvalue weighted by Gasteiger charge is 2.42. The Labute approximate surface area is 146 Å². The fourth-order valence-corrected chi connectivity index (χ4v) is 3.43. The third-order valence-electron chi connectivity index (χ3n) is 4.81. The Hall–Kier alpha value is -2.66. The number of anilines is 1. The summed E-state index contributed by atoms with van der Waals surface area (Å²) >= 11 is 0. The van der Waals surface area contributed by atoms with Crippen molar-refractivity contribution in [3.8, 4) is 0 Å². The molecule has 25 heavy (non-hydrogen) atoms. The molecule has 5 nitrogen and oxygen atoms in total. The number of carbonyl (C=O) groups excluding carboxylic acids is 1. The molecule has 0 unspecified atom stereocenters. The number of benzene rings is 2. The summed E-state index contributed by atoms with van der Waals surface area (Å²) in [5, 5.41) is 12.0. The molecule has 130 valence electrons. The molecule has 0 atom stereocenters. The van der Waals surface area contributed by atoms with Crippen molar-refractivity contribution in [3.05, 3.63) is 65.2 Å². The van der Waals surface area contributed by atoms with Gasteiger partial charge in [0.25, 0.3) is 0 Å². The van der Waals surface area contributed by atoms with Crippen LogP contribution in [0.15, 0.2) is 48.5 Å². The molecule has 3 rings (SSSR count). The maximum Gasteiger partial charge on any atom is 0.335 e. The van der Waals surface area contributed by atoms with Gasteiger partial charge in [-0.05, 0) is 49.1 Å². The molecule has 2 N–H and O–H groups in total. The normalized spacial score (nSPS) is 16.2. The summed E-state index contributed by atoms with van der Waals surface area (Å²) in [6.45, 7) is 3.05. The SMILES string of the molecule is Cc1ccccc1C1(C(=O)Nc2cccc(C(=O)O)c2)CCOCC1. The highest BCUT2D eigenvalue weighted by molar-refractivity contribution is 6.00. The molecule has 0 radical (unpaired) electrons. The lowest BCUT2D eigenvalue weighted by molar-refractivity contribution is -0.125. The maximum absolute atomic E-state index is 13.2. The molecule has 0 saturated carbocycles. The average molecular weight is 339 g/mol. The minimum atomic E-state index is -1.02. The fraction of sp³-hybridized carbons (Fsp3) is 0.300. The monoisotopic (exact) mass is 339 g/mol. The Morgan fingerprint density at radius 3 is 2.48 bits per heavy atom. The van der Waals surface area contributed by atoms with Crippen LogP contribution >= 0.6 is 0 Å². The van der Waals surface area contributed by atoms with Crippen LogP contribution in [0.3, 0.4) is 0 Å². The molecule has 1 saturated heterocycles. The summed E-state index contributed by atoms with van der Waals surface area (Å²) in [7, 11) is 0. The molecule has 0 aliphatic carbocycles. The zero-order valence-electron chi connectivity index (χ0n) is 14.1. The van der Waals surface area contributed by atoms with Gasteiger partial charge in [0.2, 0.25) is 5.91 Å². The Balaban J connectivity index is 1.94. The molecule has 1 heterocycles. The lowest BCUT2D eigenvalue weighted by Gasteiger charge is -2.37. The standard InChI is InChI=1S/C20H21NO4/c1-14-5-2-3-8-17(14)20(9-11-25-12-10-20)19(24)21-16-7-4-6-15(13-16)18(22)23/h2-8,13H,9-12H2,1H3,(H,21,24)(H,22,23). The van der Waals surface area contributed by atoms with Crippen LogP contribution in [0, 0.1) is 6.92 Å². The maximum atomic E-state index is 13.2. The van der Waals surface area contributed by atoms with E-state index in [9.17, 15) is 9.59 Å². The second kappa shape index (κ2) is 7.07. The van der Waals surface area contributed by atoms with Crippen LogP contribution in [0.1, 0.15) is 34.3 Å². The largest absolute Gasteiger partial charge is 0.478 e. The van der Waals surface area contributed by atoms with Crippen LogP contribution in [0.5, 0.6) is 0 Å². The molecule has 2 aromatic carbocycles. The predicted octanol–water partition coefficient (Wildman–Crippen LogP) is 3.38. The predicted molar refractivity (Wildman–Crippen MR) is 94.9 cm³/mol. The van der Waals surface area contributed by atoms with Gasteiger partial charge in [0, 0.05) is 18.9 Å². The number of hydrogen-bond acceptors (Lipinski definition) is 3. The molecule has 1 amide bonds. The summed E-state index contributed by atoms with van der Waals surface area (Å²) in [4.78, 5) is 24.3. The third kappa shape index (κ3) is 3.42. The number of carbonyl (C=O) groups is 2. The molecule has 1 aliphatic heterocycles. The smallest absolute Gasteiger partial charge is 0.335 e. The number of aryl methyl sites for hydroxylation is 1. The zero-order valence-corrected chi connectivity index (χ0v) is 14.1.